The van der Waals surface area contributed by atoms with Gasteiger partial charge in [0.2, 0.25) is 0 Å². The van der Waals surface area contributed by atoms with Crippen molar-refractivity contribution in [3.63, 3.8) is 0 Å². The molecule has 0 radical (unpaired) electrons. The monoisotopic (exact) mass is 666 g/mol. The largest absolute Gasteiger partial charge is 0.481 e. The summed E-state index contributed by atoms with van der Waals surface area (Å²) in [6.45, 7) is 0. The van der Waals surface area contributed by atoms with Crippen LogP contribution in [-0.2, 0) is 42.1 Å². The molecule has 3 aromatic carbocycles. The molecule has 0 bridgehead atoms. The van der Waals surface area contributed by atoms with Gasteiger partial charge in [-0.25, -0.2) is 16.8 Å². The van der Waals surface area contributed by atoms with Gasteiger partial charge in [-0.05, 0) is 69.8 Å². The predicted octanol–water partition coefficient (Wildman–Crippen LogP) is 6.54. The predicted molar refractivity (Wildman–Crippen MR) is 173 cm³/mol. The molecule has 8 nitrogen and oxygen atoms in total. The standard InChI is InChI=1S/C32H26O8S4/c1-43(37,38)25-11-7-21(8-12-25)31-23(17-29(33)34)15-27(41-31)19-3-5-20(6-4-19)28-16-24(18-30(35)36)32(42-28)22-9-13-26(14-10-22)44(2,39)40/h3-16H,17-18H2,1-2H3,(H,33,34)(H,35,36). The van der Waals surface area contributed by atoms with E-state index in [-0.39, 0.29) is 22.6 Å². The summed E-state index contributed by atoms with van der Waals surface area (Å²) in [6, 6.07) is 24.1. The van der Waals surface area contributed by atoms with Gasteiger partial charge in [-0.1, -0.05) is 48.5 Å². The van der Waals surface area contributed by atoms with Gasteiger partial charge in [0.15, 0.2) is 19.7 Å². The highest BCUT2D eigenvalue weighted by Crippen LogP contribution is 2.42. The van der Waals surface area contributed by atoms with Crippen molar-refractivity contribution < 1.29 is 36.6 Å². The van der Waals surface area contributed by atoms with Crippen molar-refractivity contribution in [1.29, 1.82) is 0 Å². The molecule has 0 aliphatic heterocycles. The number of thiophene rings is 2. The van der Waals surface area contributed by atoms with Gasteiger partial charge in [-0.2, -0.15) is 0 Å². The van der Waals surface area contributed by atoms with Crippen molar-refractivity contribution in [2.45, 2.75) is 22.6 Å². The van der Waals surface area contributed by atoms with E-state index in [9.17, 15) is 36.6 Å². The van der Waals surface area contributed by atoms with Crippen LogP contribution in [-0.4, -0.2) is 51.5 Å². The average molecular weight is 667 g/mol. The molecule has 44 heavy (non-hydrogen) atoms. The first kappa shape index (κ1) is 31.3. The van der Waals surface area contributed by atoms with Crippen molar-refractivity contribution >= 4 is 54.3 Å². The van der Waals surface area contributed by atoms with Gasteiger partial charge in [0.05, 0.1) is 22.6 Å². The molecule has 0 fully saturated rings. The summed E-state index contributed by atoms with van der Waals surface area (Å²) in [5, 5.41) is 19.0. The Morgan fingerprint density at radius 1 is 0.545 bits per heavy atom. The van der Waals surface area contributed by atoms with E-state index in [1.807, 2.05) is 36.4 Å². The van der Waals surface area contributed by atoms with Crippen molar-refractivity contribution in [1.82, 2.24) is 0 Å². The van der Waals surface area contributed by atoms with Gasteiger partial charge in [-0.15, -0.1) is 22.7 Å². The van der Waals surface area contributed by atoms with Gasteiger partial charge in [-0.3, -0.25) is 9.59 Å². The lowest BCUT2D eigenvalue weighted by Gasteiger charge is -2.04. The van der Waals surface area contributed by atoms with Crippen LogP contribution in [0.3, 0.4) is 0 Å². The zero-order chi connectivity index (χ0) is 31.8. The maximum absolute atomic E-state index is 11.9. The van der Waals surface area contributed by atoms with E-state index in [0.29, 0.717) is 11.1 Å². The van der Waals surface area contributed by atoms with Crippen LogP contribution in [0.2, 0.25) is 0 Å². The number of hydrogen-bond donors (Lipinski definition) is 2. The SMILES string of the molecule is CS(=O)(=O)c1ccc(-c2sc(-c3ccc(-c4cc(CC(=O)O)c(-c5ccc(S(C)(=O)=O)cc5)s4)cc3)cc2CC(=O)O)cc1. The number of benzene rings is 3. The van der Waals surface area contributed by atoms with E-state index in [1.165, 1.54) is 46.9 Å². The number of rotatable bonds is 10. The summed E-state index contributed by atoms with van der Waals surface area (Å²) in [4.78, 5) is 26.8. The second-order valence-electron chi connectivity index (χ2n) is 10.2. The highest BCUT2D eigenvalue weighted by molar-refractivity contribution is 7.91. The van der Waals surface area contributed by atoms with Crippen LogP contribution in [0.15, 0.2) is 94.7 Å². The Morgan fingerprint density at radius 2 is 0.841 bits per heavy atom. The van der Waals surface area contributed by atoms with E-state index in [1.54, 1.807) is 24.3 Å². The first-order valence-corrected chi connectivity index (χ1v) is 18.5. The normalized spacial score (nSPS) is 11.9. The Bertz CT molecular complexity index is 1930. The number of aliphatic carboxylic acids is 2. The summed E-state index contributed by atoms with van der Waals surface area (Å²) in [6.07, 6.45) is 1.89. The lowest BCUT2D eigenvalue weighted by atomic mass is 10.0. The van der Waals surface area contributed by atoms with Crippen molar-refractivity contribution in [2.75, 3.05) is 12.5 Å². The van der Waals surface area contributed by atoms with Gasteiger partial charge in [0.1, 0.15) is 0 Å². The van der Waals surface area contributed by atoms with E-state index < -0.39 is 31.6 Å². The lowest BCUT2D eigenvalue weighted by Crippen LogP contribution is -2.00. The molecule has 5 aromatic rings. The van der Waals surface area contributed by atoms with Gasteiger partial charge >= 0.3 is 11.9 Å². The minimum atomic E-state index is -3.37. The molecule has 0 atom stereocenters. The lowest BCUT2D eigenvalue weighted by molar-refractivity contribution is -0.137. The molecule has 2 heterocycles. The molecule has 0 aliphatic carbocycles. The van der Waals surface area contributed by atoms with Crippen molar-refractivity contribution in [3.05, 3.63) is 96.1 Å². The quantitative estimate of drug-likeness (QED) is 0.171. The molecule has 0 amide bonds. The fourth-order valence-electron chi connectivity index (χ4n) is 4.72. The third-order valence-corrected chi connectivity index (χ3v) is 11.7. The molecule has 12 heteroatoms. The second-order valence-corrected chi connectivity index (χ2v) is 16.4. The third kappa shape index (κ3) is 6.99. The van der Waals surface area contributed by atoms with Crippen LogP contribution in [0.5, 0.6) is 0 Å². The number of carbonyl (C=O) groups is 2. The minimum absolute atomic E-state index is 0.183. The van der Waals surface area contributed by atoms with Crippen molar-refractivity contribution in [2.24, 2.45) is 0 Å². The first-order chi connectivity index (χ1) is 20.7. The van der Waals surface area contributed by atoms with Crippen LogP contribution in [0.4, 0.5) is 0 Å². The molecule has 0 saturated heterocycles. The average Bonchev–Trinajstić information content (AvgIpc) is 3.56. The molecule has 0 unspecified atom stereocenters. The first-order valence-electron chi connectivity index (χ1n) is 13.1. The zero-order valence-electron chi connectivity index (χ0n) is 23.5. The molecule has 2 N–H and O–H groups in total. The number of carboxylic acid groups (broad SMARTS) is 2. The van der Waals surface area contributed by atoms with Gasteiger partial charge in [0, 0.05) is 32.0 Å². The number of sulfone groups is 2. The number of carboxylic acids is 2. The molecule has 2 aromatic heterocycles. The molecule has 0 saturated carbocycles. The molecule has 5 rings (SSSR count). The maximum atomic E-state index is 11.9. The molecular formula is C32H26O8S4. The van der Waals surface area contributed by atoms with Crippen LogP contribution in [0, 0.1) is 0 Å². The summed E-state index contributed by atoms with van der Waals surface area (Å²) >= 11 is 2.84. The van der Waals surface area contributed by atoms with E-state index in [2.05, 4.69) is 0 Å². The summed E-state index contributed by atoms with van der Waals surface area (Å²) in [5.41, 5.74) is 4.42. The fraction of sp³-hybridized carbons (Fsp3) is 0.125. The van der Waals surface area contributed by atoms with Crippen LogP contribution in [0.25, 0.3) is 41.8 Å². The second kappa shape index (κ2) is 12.1. The Labute approximate surface area is 262 Å². The molecule has 0 spiro atoms. The summed E-state index contributed by atoms with van der Waals surface area (Å²) in [5.74, 6) is -1.95. The summed E-state index contributed by atoms with van der Waals surface area (Å²) < 4.78 is 47.5. The van der Waals surface area contributed by atoms with Gasteiger partial charge < -0.3 is 10.2 Å². The Kier molecular flexibility index (Phi) is 8.63. The van der Waals surface area contributed by atoms with Gasteiger partial charge in [0.25, 0.3) is 0 Å². The highest BCUT2D eigenvalue weighted by Gasteiger charge is 2.18. The molecular weight excluding hydrogens is 641 g/mol. The minimum Gasteiger partial charge on any atom is -0.481 e. The smallest absolute Gasteiger partial charge is 0.307 e. The van der Waals surface area contributed by atoms with Crippen LogP contribution in [0.1, 0.15) is 11.1 Å². The van der Waals surface area contributed by atoms with E-state index in [0.717, 1.165) is 54.3 Å². The topological polar surface area (TPSA) is 143 Å². The Hall–Kier alpha value is -4.10. The molecule has 0 aliphatic rings. The Morgan fingerprint density at radius 3 is 1.11 bits per heavy atom. The fourth-order valence-corrected chi connectivity index (χ4v) is 8.37. The van der Waals surface area contributed by atoms with E-state index >= 15 is 0 Å². The zero-order valence-corrected chi connectivity index (χ0v) is 26.7. The highest BCUT2D eigenvalue weighted by atomic mass is 32.2. The maximum Gasteiger partial charge on any atom is 0.307 e. The van der Waals surface area contributed by atoms with Crippen LogP contribution >= 0.6 is 22.7 Å². The summed E-state index contributed by atoms with van der Waals surface area (Å²) in [7, 11) is -6.73. The van der Waals surface area contributed by atoms with Crippen molar-refractivity contribution in [3.8, 4) is 41.8 Å². The third-order valence-electron chi connectivity index (χ3n) is 6.84. The molecule has 226 valence electrons. The number of hydrogen-bond acceptors (Lipinski definition) is 8. The van der Waals surface area contributed by atoms with E-state index in [4.69, 9.17) is 0 Å². The van der Waals surface area contributed by atoms with Crippen LogP contribution < -0.4 is 0 Å². The Balaban J connectivity index is 1.48.